The van der Waals surface area contributed by atoms with E-state index in [2.05, 4.69) is 20.1 Å². The molecule has 1 amide bonds. The molecule has 0 bridgehead atoms. The molecule has 2 heterocycles. The summed E-state index contributed by atoms with van der Waals surface area (Å²) in [4.78, 5) is 34.6. The van der Waals surface area contributed by atoms with Crippen molar-refractivity contribution in [2.75, 3.05) is 59.4 Å². The average Bonchev–Trinajstić information content (AvgIpc) is 3.10. The second-order valence-corrected chi connectivity index (χ2v) is 7.84. The molecule has 0 aromatic carbocycles. The van der Waals surface area contributed by atoms with E-state index in [0.29, 0.717) is 12.5 Å². The fourth-order valence-corrected chi connectivity index (χ4v) is 3.24. The molecule has 2 aliphatic heterocycles. The third kappa shape index (κ3) is 6.48. The van der Waals surface area contributed by atoms with Crippen LogP contribution in [0.1, 0.15) is 33.6 Å². The maximum atomic E-state index is 12.3. The SMILES string of the molecule is CN=C(NCC(=O)OC(C)(C)C)N1CCN(CC(=O)N2CCCC2)CC1. The number of piperazine rings is 1. The lowest BCUT2D eigenvalue weighted by Gasteiger charge is -2.36. The van der Waals surface area contributed by atoms with Crippen LogP contribution in [-0.4, -0.2) is 97.5 Å². The Kier molecular flexibility index (Phi) is 7.25. The lowest BCUT2D eigenvalue weighted by Crippen LogP contribution is -2.54. The van der Waals surface area contributed by atoms with Gasteiger partial charge in [0.2, 0.25) is 5.91 Å². The van der Waals surface area contributed by atoms with E-state index in [1.165, 1.54) is 0 Å². The molecule has 2 aliphatic rings. The standard InChI is InChI=1S/C18H33N5O3/c1-18(2,3)26-16(25)13-20-17(19-4)23-11-9-21(10-12-23)14-15(24)22-7-5-6-8-22/h5-14H2,1-4H3,(H,19,20). The second-order valence-electron chi connectivity index (χ2n) is 7.84. The molecule has 2 rings (SSSR count). The van der Waals surface area contributed by atoms with E-state index >= 15 is 0 Å². The van der Waals surface area contributed by atoms with Gasteiger partial charge in [0, 0.05) is 46.3 Å². The lowest BCUT2D eigenvalue weighted by molar-refractivity contribution is -0.153. The van der Waals surface area contributed by atoms with Crippen LogP contribution in [0.25, 0.3) is 0 Å². The highest BCUT2D eigenvalue weighted by Gasteiger charge is 2.25. The Morgan fingerprint density at radius 1 is 1.00 bits per heavy atom. The van der Waals surface area contributed by atoms with Gasteiger partial charge < -0.3 is 19.9 Å². The first-order chi connectivity index (χ1) is 12.3. The summed E-state index contributed by atoms with van der Waals surface area (Å²) >= 11 is 0. The molecule has 148 valence electrons. The van der Waals surface area contributed by atoms with Crippen LogP contribution in [0.15, 0.2) is 4.99 Å². The molecule has 0 aromatic heterocycles. The fourth-order valence-electron chi connectivity index (χ4n) is 3.24. The van der Waals surface area contributed by atoms with Crippen LogP contribution in [-0.2, 0) is 14.3 Å². The zero-order valence-electron chi connectivity index (χ0n) is 16.6. The fraction of sp³-hybridized carbons (Fsp3) is 0.833. The van der Waals surface area contributed by atoms with E-state index in [0.717, 1.165) is 52.1 Å². The number of hydrogen-bond donors (Lipinski definition) is 1. The highest BCUT2D eigenvalue weighted by molar-refractivity contribution is 5.84. The quantitative estimate of drug-likeness (QED) is 0.433. The smallest absolute Gasteiger partial charge is 0.325 e. The van der Waals surface area contributed by atoms with Crippen molar-refractivity contribution in [3.8, 4) is 0 Å². The zero-order valence-corrected chi connectivity index (χ0v) is 16.6. The van der Waals surface area contributed by atoms with Crippen molar-refractivity contribution in [3.63, 3.8) is 0 Å². The molecular formula is C18H33N5O3. The molecule has 0 atom stereocenters. The van der Waals surface area contributed by atoms with Gasteiger partial charge in [0.1, 0.15) is 12.1 Å². The van der Waals surface area contributed by atoms with E-state index in [4.69, 9.17) is 4.74 Å². The minimum absolute atomic E-state index is 0.0948. The highest BCUT2D eigenvalue weighted by atomic mass is 16.6. The normalized spacial score (nSPS) is 19.6. The van der Waals surface area contributed by atoms with Gasteiger partial charge in [-0.1, -0.05) is 0 Å². The van der Waals surface area contributed by atoms with Crippen molar-refractivity contribution in [1.29, 1.82) is 0 Å². The number of aliphatic imine (C=N–C) groups is 1. The van der Waals surface area contributed by atoms with Crippen LogP contribution >= 0.6 is 0 Å². The Hall–Kier alpha value is -1.83. The molecule has 0 saturated carbocycles. The van der Waals surface area contributed by atoms with Crippen molar-refractivity contribution >= 4 is 17.8 Å². The third-order valence-electron chi connectivity index (χ3n) is 4.51. The van der Waals surface area contributed by atoms with Crippen molar-refractivity contribution in [3.05, 3.63) is 0 Å². The monoisotopic (exact) mass is 367 g/mol. The molecule has 0 aliphatic carbocycles. The van der Waals surface area contributed by atoms with Gasteiger partial charge in [-0.3, -0.25) is 19.5 Å². The minimum atomic E-state index is -0.490. The number of carbonyl (C=O) groups excluding carboxylic acids is 2. The summed E-state index contributed by atoms with van der Waals surface area (Å²) < 4.78 is 5.30. The van der Waals surface area contributed by atoms with E-state index < -0.39 is 5.60 Å². The maximum Gasteiger partial charge on any atom is 0.325 e. The number of likely N-dealkylation sites (tertiary alicyclic amines) is 1. The molecular weight excluding hydrogens is 334 g/mol. The number of esters is 1. The second kappa shape index (κ2) is 9.21. The van der Waals surface area contributed by atoms with Gasteiger partial charge in [-0.15, -0.1) is 0 Å². The number of hydrogen-bond acceptors (Lipinski definition) is 5. The molecule has 8 nitrogen and oxygen atoms in total. The highest BCUT2D eigenvalue weighted by Crippen LogP contribution is 2.10. The average molecular weight is 367 g/mol. The molecule has 26 heavy (non-hydrogen) atoms. The van der Waals surface area contributed by atoms with Gasteiger partial charge in [0.05, 0.1) is 6.54 Å². The first-order valence-corrected chi connectivity index (χ1v) is 9.46. The topological polar surface area (TPSA) is 77.5 Å². The van der Waals surface area contributed by atoms with E-state index in [9.17, 15) is 9.59 Å². The van der Waals surface area contributed by atoms with Gasteiger partial charge in [0.15, 0.2) is 5.96 Å². The Morgan fingerprint density at radius 2 is 1.62 bits per heavy atom. The van der Waals surface area contributed by atoms with E-state index in [1.54, 1.807) is 7.05 Å². The van der Waals surface area contributed by atoms with Crippen LogP contribution in [0.2, 0.25) is 0 Å². The summed E-state index contributed by atoms with van der Waals surface area (Å²) in [6, 6.07) is 0. The largest absolute Gasteiger partial charge is 0.459 e. The first kappa shape index (κ1) is 20.5. The van der Waals surface area contributed by atoms with Crippen LogP contribution in [0.3, 0.4) is 0 Å². The number of nitrogens with zero attached hydrogens (tertiary/aromatic N) is 4. The molecule has 0 radical (unpaired) electrons. The predicted molar refractivity (Wildman–Crippen MR) is 101 cm³/mol. The van der Waals surface area contributed by atoms with Crippen molar-refractivity contribution in [2.45, 2.75) is 39.2 Å². The van der Waals surface area contributed by atoms with Crippen molar-refractivity contribution in [2.24, 2.45) is 4.99 Å². The first-order valence-electron chi connectivity index (χ1n) is 9.46. The molecule has 1 N–H and O–H groups in total. The Morgan fingerprint density at radius 3 is 2.15 bits per heavy atom. The Bertz CT molecular complexity index is 515. The van der Waals surface area contributed by atoms with Gasteiger partial charge in [-0.05, 0) is 33.6 Å². The van der Waals surface area contributed by atoms with Crippen molar-refractivity contribution < 1.29 is 14.3 Å². The zero-order chi connectivity index (χ0) is 19.2. The van der Waals surface area contributed by atoms with E-state index in [1.807, 2.05) is 25.7 Å². The summed E-state index contributed by atoms with van der Waals surface area (Å²) in [6.07, 6.45) is 2.25. The lowest BCUT2D eigenvalue weighted by atomic mass is 10.2. The molecule has 0 spiro atoms. The van der Waals surface area contributed by atoms with E-state index in [-0.39, 0.29) is 18.4 Å². The number of amides is 1. The Balaban J connectivity index is 1.73. The summed E-state index contributed by atoms with van der Waals surface area (Å²) in [5, 5.41) is 3.07. The third-order valence-corrected chi connectivity index (χ3v) is 4.51. The number of guanidine groups is 1. The summed E-state index contributed by atoms with van der Waals surface area (Å²) in [7, 11) is 1.71. The summed E-state index contributed by atoms with van der Waals surface area (Å²) in [5.74, 6) is 0.637. The molecule has 8 heteroatoms. The molecule has 2 saturated heterocycles. The maximum absolute atomic E-state index is 12.3. The number of rotatable bonds is 4. The molecule has 2 fully saturated rings. The minimum Gasteiger partial charge on any atom is -0.459 e. The van der Waals surface area contributed by atoms with Gasteiger partial charge in [-0.2, -0.15) is 0 Å². The Labute approximate surface area is 156 Å². The van der Waals surface area contributed by atoms with Crippen LogP contribution in [0.5, 0.6) is 0 Å². The summed E-state index contributed by atoms with van der Waals surface area (Å²) in [5.41, 5.74) is -0.490. The summed E-state index contributed by atoms with van der Waals surface area (Å²) in [6.45, 7) is 11.1. The van der Waals surface area contributed by atoms with Crippen LogP contribution in [0.4, 0.5) is 0 Å². The van der Waals surface area contributed by atoms with Gasteiger partial charge in [0.25, 0.3) is 0 Å². The van der Waals surface area contributed by atoms with Crippen LogP contribution in [0, 0.1) is 0 Å². The van der Waals surface area contributed by atoms with Crippen LogP contribution < -0.4 is 5.32 Å². The molecule has 0 aromatic rings. The molecule has 0 unspecified atom stereocenters. The number of nitrogens with one attached hydrogen (secondary N) is 1. The number of carbonyl (C=O) groups is 2. The number of ether oxygens (including phenoxy) is 1. The van der Waals surface area contributed by atoms with Gasteiger partial charge in [-0.25, -0.2) is 0 Å². The van der Waals surface area contributed by atoms with Crippen molar-refractivity contribution in [1.82, 2.24) is 20.0 Å². The predicted octanol–water partition coefficient (Wildman–Crippen LogP) is 0.144. The van der Waals surface area contributed by atoms with Gasteiger partial charge >= 0.3 is 5.97 Å².